The van der Waals surface area contributed by atoms with Crippen LogP contribution >= 0.6 is 0 Å². The number of benzene rings is 2. The number of nitrogens with one attached hydrogen (secondary N) is 5. The van der Waals surface area contributed by atoms with Crippen LogP contribution in [0.25, 0.3) is 11.1 Å². The zero-order valence-corrected chi connectivity index (χ0v) is 29.6. The van der Waals surface area contributed by atoms with Crippen molar-refractivity contribution in [2.24, 2.45) is 0 Å². The van der Waals surface area contributed by atoms with Gasteiger partial charge in [0.05, 0.1) is 13.2 Å². The minimum absolute atomic E-state index is 0.0883. The van der Waals surface area contributed by atoms with Crippen molar-refractivity contribution in [3.05, 3.63) is 47.5 Å². The molecule has 0 aliphatic heterocycles. The Morgan fingerprint density at radius 1 is 0.654 bits per heavy atom. The van der Waals surface area contributed by atoms with E-state index in [-0.39, 0.29) is 55.9 Å². The molecule has 1 aliphatic carbocycles. The van der Waals surface area contributed by atoms with Crippen molar-refractivity contribution in [2.45, 2.75) is 63.9 Å². The van der Waals surface area contributed by atoms with Crippen LogP contribution in [0.2, 0.25) is 0 Å². The molecule has 0 aromatic heterocycles. The summed E-state index contributed by atoms with van der Waals surface area (Å²) >= 11 is 0. The van der Waals surface area contributed by atoms with Crippen LogP contribution in [0.15, 0.2) is 36.4 Å². The lowest BCUT2D eigenvalue weighted by atomic mass is 10.0. The molecule has 52 heavy (non-hydrogen) atoms. The highest BCUT2D eigenvalue weighted by Gasteiger charge is 2.33. The molecule has 0 heterocycles. The Kier molecular flexibility index (Phi) is 19.1. The molecule has 286 valence electrons. The molecule has 6 N–H and O–H groups in total. The third-order valence-electron chi connectivity index (χ3n) is 7.91. The van der Waals surface area contributed by atoms with Gasteiger partial charge in [-0.3, -0.25) is 19.2 Å². The van der Waals surface area contributed by atoms with Crippen molar-refractivity contribution in [1.82, 2.24) is 16.2 Å². The molecule has 0 radical (unpaired) electrons. The van der Waals surface area contributed by atoms with Gasteiger partial charge in [-0.15, -0.1) is 0 Å². The number of hydrogen-bond acceptors (Lipinski definition) is 10. The van der Waals surface area contributed by atoms with Gasteiger partial charge in [-0.25, -0.2) is 4.79 Å². The summed E-state index contributed by atoms with van der Waals surface area (Å²) in [7, 11) is 1.62. The minimum atomic E-state index is -1.31. The number of carbonyl (C=O) groups excluding carboxylic acids is 5. The number of aliphatic hydroxyl groups excluding tert-OH is 1. The molecule has 5 amide bonds. The van der Waals surface area contributed by atoms with Crippen LogP contribution in [-0.4, -0.2) is 94.7 Å². The average Bonchev–Trinajstić information content (AvgIpc) is 3.42. The summed E-state index contributed by atoms with van der Waals surface area (Å²) in [4.78, 5) is 61.5. The minimum Gasteiger partial charge on any atom is -0.435 e. The van der Waals surface area contributed by atoms with Crippen LogP contribution in [0.3, 0.4) is 0 Å². The first-order valence-corrected chi connectivity index (χ1v) is 17.5. The average molecular weight is 732 g/mol. The highest BCUT2D eigenvalue weighted by Crippen LogP contribution is 2.47. The molecule has 0 saturated carbocycles. The Labute approximate surface area is 302 Å². The topological polar surface area (TPSA) is 203 Å². The summed E-state index contributed by atoms with van der Waals surface area (Å²) in [5.41, 5.74) is 4.21. The number of halogens is 1. The lowest BCUT2D eigenvalue weighted by Crippen LogP contribution is -2.27. The number of rotatable bonds is 25. The molecular formula is C36H50FN5O10. The van der Waals surface area contributed by atoms with E-state index in [9.17, 15) is 28.5 Å². The predicted molar refractivity (Wildman–Crippen MR) is 190 cm³/mol. The molecule has 0 bridgehead atoms. The Morgan fingerprint density at radius 2 is 1.15 bits per heavy atom. The lowest BCUT2D eigenvalue weighted by Gasteiger charge is -2.16. The summed E-state index contributed by atoms with van der Waals surface area (Å²) in [6.07, 6.45) is 1.00. The highest BCUT2D eigenvalue weighted by atomic mass is 19.2. The molecule has 0 fully saturated rings. The van der Waals surface area contributed by atoms with Gasteiger partial charge in [-0.2, -0.15) is 5.54 Å². The molecule has 3 rings (SSSR count). The fourth-order valence-electron chi connectivity index (χ4n) is 5.42. The van der Waals surface area contributed by atoms with Crippen molar-refractivity contribution in [3.63, 3.8) is 0 Å². The Morgan fingerprint density at radius 3 is 1.63 bits per heavy atom. The number of amides is 5. The van der Waals surface area contributed by atoms with E-state index in [0.717, 1.165) is 18.4 Å². The number of ether oxygens (including phenoxy) is 4. The van der Waals surface area contributed by atoms with Crippen LogP contribution in [0, 0.1) is 0 Å². The van der Waals surface area contributed by atoms with Gasteiger partial charge in [0, 0.05) is 94.8 Å². The van der Waals surface area contributed by atoms with E-state index in [1.807, 2.05) is 0 Å². The second-order valence-electron chi connectivity index (χ2n) is 12.0. The zero-order valence-electron chi connectivity index (χ0n) is 29.6. The Bertz CT molecular complexity index is 1380. The molecule has 1 atom stereocenters. The maximum atomic E-state index is 13.0. The first-order valence-electron chi connectivity index (χ1n) is 17.5. The molecule has 15 nitrogen and oxygen atoms in total. The third-order valence-corrected chi connectivity index (χ3v) is 7.91. The predicted octanol–water partition coefficient (Wildman–Crippen LogP) is 3.66. The summed E-state index contributed by atoms with van der Waals surface area (Å²) in [5, 5.41) is 19.8. The number of hydrogen-bond donors (Lipinski definition) is 6. The van der Waals surface area contributed by atoms with E-state index in [2.05, 4.69) is 21.3 Å². The molecular weight excluding hydrogens is 681 g/mol. The molecule has 16 heteroatoms. The van der Waals surface area contributed by atoms with Crippen LogP contribution < -0.4 is 26.8 Å². The van der Waals surface area contributed by atoms with Crippen LogP contribution in [-0.2, 0) is 38.1 Å². The fraction of sp³-hybridized carbons (Fsp3) is 0.528. The van der Waals surface area contributed by atoms with E-state index in [1.165, 1.54) is 0 Å². The first kappa shape index (κ1) is 41.8. The smallest absolute Gasteiger partial charge is 0.435 e. The maximum Gasteiger partial charge on any atom is 0.436 e. The fourth-order valence-corrected chi connectivity index (χ4v) is 5.42. The summed E-state index contributed by atoms with van der Waals surface area (Å²) in [6, 6.07) is 10.1. The number of carbonyl (C=O) groups is 5. The van der Waals surface area contributed by atoms with Gasteiger partial charge in [0.25, 0.3) is 0 Å². The molecule has 0 saturated heterocycles. The van der Waals surface area contributed by atoms with E-state index in [1.54, 1.807) is 43.5 Å². The Balaban J connectivity index is 1.49. The summed E-state index contributed by atoms with van der Waals surface area (Å²) in [6.45, 7) is 3.27. The largest absolute Gasteiger partial charge is 0.436 e. The maximum absolute atomic E-state index is 13.0. The molecule has 2 aromatic rings. The lowest BCUT2D eigenvalue weighted by molar-refractivity contribution is -0.122. The SMILES string of the molecule is COCCCOCCNC(=O)CCCC(=O)Nc1ccc2c(c1)C(OC(=O)NF)c1cc(NC(=O)CCCC(=O)NCCOCCCCO)ccc1-2. The van der Waals surface area contributed by atoms with Crippen LogP contribution in [0.1, 0.15) is 75.0 Å². The van der Waals surface area contributed by atoms with Gasteiger partial charge in [0.15, 0.2) is 6.10 Å². The van der Waals surface area contributed by atoms with E-state index >= 15 is 0 Å². The number of unbranched alkanes of at least 4 members (excludes halogenated alkanes) is 1. The van der Waals surface area contributed by atoms with Crippen molar-refractivity contribution in [2.75, 3.05) is 70.5 Å². The van der Waals surface area contributed by atoms with Crippen molar-refractivity contribution in [3.8, 4) is 11.1 Å². The van der Waals surface area contributed by atoms with Gasteiger partial charge < -0.3 is 45.3 Å². The monoisotopic (exact) mass is 731 g/mol. The highest BCUT2D eigenvalue weighted by molar-refractivity contribution is 5.94. The van der Waals surface area contributed by atoms with E-state index in [0.29, 0.717) is 99.0 Å². The van der Waals surface area contributed by atoms with Gasteiger partial charge in [0.2, 0.25) is 23.6 Å². The second-order valence-corrected chi connectivity index (χ2v) is 12.0. The van der Waals surface area contributed by atoms with E-state index in [4.69, 9.17) is 24.1 Å². The molecule has 0 spiro atoms. The standard InChI is InChI=1S/C36H50FN5O10/c1-49-18-6-20-51-22-16-39-32(45)8-5-10-34(47)41-26-12-14-28-27-13-11-25(23-29(27)35(30(28)24-26)52-36(48)42-37)40-33(46)9-4-7-31(44)38-15-21-50-19-3-2-17-43/h11-14,23-24,35,43H,2-10,15-22H2,1H3,(H,38,44)(H,39,45)(H,40,46)(H,41,47)(H,42,48). The zero-order chi connectivity index (χ0) is 37.6. The molecule has 2 aromatic carbocycles. The van der Waals surface area contributed by atoms with Crippen molar-refractivity contribution >= 4 is 41.1 Å². The normalized spacial score (nSPS) is 12.7. The van der Waals surface area contributed by atoms with Gasteiger partial charge in [0.1, 0.15) is 0 Å². The number of fused-ring (bicyclic) bond motifs is 3. The number of methoxy groups -OCH3 is 1. The van der Waals surface area contributed by atoms with Gasteiger partial charge in [-0.05, 0) is 67.5 Å². The quantitative estimate of drug-likeness (QED) is 0.0647. The van der Waals surface area contributed by atoms with Crippen molar-refractivity contribution < 1.29 is 52.5 Å². The summed E-state index contributed by atoms with van der Waals surface area (Å²) in [5.74, 6) is -1.01. The third kappa shape index (κ3) is 14.9. The van der Waals surface area contributed by atoms with Crippen LogP contribution in [0.5, 0.6) is 0 Å². The second kappa shape index (κ2) is 23.8. The first-order chi connectivity index (χ1) is 25.2. The number of anilines is 2. The summed E-state index contributed by atoms with van der Waals surface area (Å²) < 4.78 is 34.1. The molecule has 1 aliphatic rings. The Hall–Kier alpha value is -4.64. The number of aliphatic hydroxyl groups is 1. The molecule has 1 unspecified atom stereocenters. The van der Waals surface area contributed by atoms with Crippen molar-refractivity contribution in [1.29, 1.82) is 0 Å². The van der Waals surface area contributed by atoms with E-state index < -0.39 is 12.2 Å². The van der Waals surface area contributed by atoms with Gasteiger partial charge in [-0.1, -0.05) is 16.6 Å². The van der Waals surface area contributed by atoms with Crippen LogP contribution in [0.4, 0.5) is 20.7 Å². The van der Waals surface area contributed by atoms with Gasteiger partial charge >= 0.3 is 6.09 Å².